The molecule has 2 amide bonds. The molecule has 7 heteroatoms. The van der Waals surface area contributed by atoms with Gasteiger partial charge in [0.05, 0.1) is 10.6 Å². The Labute approximate surface area is 147 Å². The van der Waals surface area contributed by atoms with Gasteiger partial charge in [0.1, 0.15) is 0 Å². The Kier molecular flexibility index (Phi) is 4.94. The first-order valence-corrected chi connectivity index (χ1v) is 9.70. The van der Waals surface area contributed by atoms with Crippen molar-refractivity contribution in [2.75, 3.05) is 17.1 Å². The molecule has 0 radical (unpaired) electrons. The van der Waals surface area contributed by atoms with E-state index in [0.717, 1.165) is 31.2 Å². The highest BCUT2D eigenvalue weighted by Crippen LogP contribution is 2.25. The molecule has 0 bridgehead atoms. The second-order valence-electron chi connectivity index (χ2n) is 6.03. The van der Waals surface area contributed by atoms with Gasteiger partial charge in [-0.05, 0) is 67.1 Å². The Morgan fingerprint density at radius 3 is 2.44 bits per heavy atom. The zero-order valence-electron chi connectivity index (χ0n) is 14.0. The van der Waals surface area contributed by atoms with Crippen molar-refractivity contribution in [3.63, 3.8) is 0 Å². The van der Waals surface area contributed by atoms with Gasteiger partial charge in [0.25, 0.3) is 10.0 Å². The van der Waals surface area contributed by atoms with Gasteiger partial charge in [0, 0.05) is 12.7 Å². The average Bonchev–Trinajstić information content (AvgIpc) is 2.61. The number of sulfonamides is 1. The second-order valence-corrected chi connectivity index (χ2v) is 7.71. The molecule has 2 aromatic carbocycles. The maximum absolute atomic E-state index is 12.7. The van der Waals surface area contributed by atoms with Gasteiger partial charge < -0.3 is 10.6 Å². The number of carbonyl (C=O) groups is 1. The summed E-state index contributed by atoms with van der Waals surface area (Å²) in [6, 6.07) is 11.5. The highest BCUT2D eigenvalue weighted by Gasteiger charge is 2.18. The van der Waals surface area contributed by atoms with Crippen LogP contribution in [-0.4, -0.2) is 21.5 Å². The van der Waals surface area contributed by atoms with Crippen LogP contribution in [0.1, 0.15) is 24.0 Å². The minimum Gasteiger partial charge on any atom is -0.341 e. The van der Waals surface area contributed by atoms with Crippen LogP contribution in [0, 0.1) is 0 Å². The van der Waals surface area contributed by atoms with Gasteiger partial charge in [-0.3, -0.25) is 4.72 Å². The topological polar surface area (TPSA) is 87.3 Å². The summed E-state index contributed by atoms with van der Waals surface area (Å²) in [4.78, 5) is 11.6. The first kappa shape index (κ1) is 17.3. The number of fused-ring (bicyclic) bond motifs is 1. The molecular weight excluding hydrogens is 338 g/mol. The summed E-state index contributed by atoms with van der Waals surface area (Å²) in [5, 5.41) is 5.06. The monoisotopic (exact) mass is 359 g/mol. The summed E-state index contributed by atoms with van der Waals surface area (Å²) >= 11 is 0. The van der Waals surface area contributed by atoms with Crippen LogP contribution < -0.4 is 15.4 Å². The number of amides is 2. The van der Waals surface area contributed by atoms with Crippen LogP contribution >= 0.6 is 0 Å². The molecule has 0 saturated carbocycles. The molecule has 1 aliphatic rings. The van der Waals surface area contributed by atoms with Gasteiger partial charge >= 0.3 is 6.03 Å². The first-order valence-electron chi connectivity index (χ1n) is 8.21. The van der Waals surface area contributed by atoms with E-state index in [9.17, 15) is 13.2 Å². The van der Waals surface area contributed by atoms with Crippen LogP contribution in [0.4, 0.5) is 16.2 Å². The second kappa shape index (κ2) is 7.14. The third kappa shape index (κ3) is 4.11. The van der Waals surface area contributed by atoms with Gasteiger partial charge in [0.15, 0.2) is 0 Å². The lowest BCUT2D eigenvalue weighted by Crippen LogP contribution is -2.24. The molecule has 0 unspecified atom stereocenters. The number of nitrogens with one attached hydrogen (secondary N) is 3. The van der Waals surface area contributed by atoms with Crippen LogP contribution in [0.5, 0.6) is 0 Å². The van der Waals surface area contributed by atoms with Crippen molar-refractivity contribution in [2.45, 2.75) is 30.6 Å². The van der Waals surface area contributed by atoms with Crippen molar-refractivity contribution in [2.24, 2.45) is 0 Å². The lowest BCUT2D eigenvalue weighted by atomic mass is 9.92. The summed E-state index contributed by atoms with van der Waals surface area (Å²) in [6.45, 7) is 0. The molecule has 6 nitrogen and oxygen atoms in total. The summed E-state index contributed by atoms with van der Waals surface area (Å²) in [5.74, 6) is 0. The van der Waals surface area contributed by atoms with E-state index in [4.69, 9.17) is 0 Å². The number of benzene rings is 2. The normalized spacial score (nSPS) is 13.6. The third-order valence-electron chi connectivity index (χ3n) is 4.23. The van der Waals surface area contributed by atoms with E-state index in [1.165, 1.54) is 12.6 Å². The quantitative estimate of drug-likeness (QED) is 0.784. The minimum atomic E-state index is -3.68. The van der Waals surface area contributed by atoms with Crippen LogP contribution in [-0.2, 0) is 22.9 Å². The fourth-order valence-electron chi connectivity index (χ4n) is 2.95. The van der Waals surface area contributed by atoms with E-state index in [0.29, 0.717) is 11.4 Å². The maximum Gasteiger partial charge on any atom is 0.318 e. The highest BCUT2D eigenvalue weighted by molar-refractivity contribution is 7.92. The summed E-state index contributed by atoms with van der Waals surface area (Å²) in [6.07, 6.45) is 4.18. The molecular formula is C18H21N3O3S. The van der Waals surface area contributed by atoms with Crippen molar-refractivity contribution in [1.82, 2.24) is 5.32 Å². The molecule has 0 spiro atoms. The summed E-state index contributed by atoms with van der Waals surface area (Å²) in [7, 11) is -2.16. The smallest absolute Gasteiger partial charge is 0.318 e. The molecule has 0 heterocycles. The molecule has 0 aromatic heterocycles. The standard InChI is InChI=1S/C18H21N3O3S/c1-19-18(22)20-15-7-4-8-16(12-15)21-25(23,24)17-10-9-13-5-2-3-6-14(13)11-17/h4,7-12,21H,2-3,5-6H2,1H3,(H2,19,20,22). The Bertz CT molecular complexity index is 894. The fourth-order valence-corrected chi connectivity index (χ4v) is 4.04. The molecule has 132 valence electrons. The lowest BCUT2D eigenvalue weighted by molar-refractivity contribution is 0.254. The molecule has 2 aromatic rings. The Morgan fingerprint density at radius 1 is 0.960 bits per heavy atom. The number of anilines is 2. The number of rotatable bonds is 4. The number of carbonyl (C=O) groups excluding carboxylic acids is 1. The third-order valence-corrected chi connectivity index (χ3v) is 5.61. The van der Waals surface area contributed by atoms with Gasteiger partial charge in [-0.25, -0.2) is 13.2 Å². The predicted molar refractivity (Wildman–Crippen MR) is 98.4 cm³/mol. The highest BCUT2D eigenvalue weighted by atomic mass is 32.2. The van der Waals surface area contributed by atoms with Gasteiger partial charge in [0.2, 0.25) is 0 Å². The van der Waals surface area contributed by atoms with E-state index >= 15 is 0 Å². The Balaban J connectivity index is 1.82. The minimum absolute atomic E-state index is 0.262. The van der Waals surface area contributed by atoms with E-state index in [2.05, 4.69) is 15.4 Å². The molecule has 1 aliphatic carbocycles. The molecule has 3 N–H and O–H groups in total. The summed E-state index contributed by atoms with van der Waals surface area (Å²) < 4.78 is 27.9. The number of hydrogen-bond donors (Lipinski definition) is 3. The predicted octanol–water partition coefficient (Wildman–Crippen LogP) is 3.12. The van der Waals surface area contributed by atoms with Crippen LogP contribution in [0.3, 0.4) is 0 Å². The molecule has 0 aliphatic heterocycles. The molecule has 0 fully saturated rings. The van der Waals surface area contributed by atoms with Gasteiger partial charge in [-0.15, -0.1) is 0 Å². The summed E-state index contributed by atoms with van der Waals surface area (Å²) in [5.41, 5.74) is 3.25. The van der Waals surface area contributed by atoms with Crippen molar-refractivity contribution in [3.05, 3.63) is 53.6 Å². The van der Waals surface area contributed by atoms with Crippen molar-refractivity contribution in [1.29, 1.82) is 0 Å². The SMILES string of the molecule is CNC(=O)Nc1cccc(NS(=O)(=O)c2ccc3c(c2)CCCC3)c1. The Hall–Kier alpha value is -2.54. The first-order chi connectivity index (χ1) is 12.0. The largest absolute Gasteiger partial charge is 0.341 e. The van der Waals surface area contributed by atoms with Crippen LogP contribution in [0.2, 0.25) is 0 Å². The number of hydrogen-bond acceptors (Lipinski definition) is 3. The molecule has 0 atom stereocenters. The lowest BCUT2D eigenvalue weighted by Gasteiger charge is -2.17. The molecule has 3 rings (SSSR count). The van der Waals surface area contributed by atoms with Crippen molar-refractivity contribution >= 4 is 27.4 Å². The maximum atomic E-state index is 12.7. The van der Waals surface area contributed by atoms with Crippen molar-refractivity contribution < 1.29 is 13.2 Å². The molecule has 0 saturated heterocycles. The van der Waals surface area contributed by atoms with E-state index in [-0.39, 0.29) is 10.9 Å². The van der Waals surface area contributed by atoms with Crippen LogP contribution in [0.25, 0.3) is 0 Å². The fraction of sp³-hybridized carbons (Fsp3) is 0.278. The molecule has 25 heavy (non-hydrogen) atoms. The average molecular weight is 359 g/mol. The van der Waals surface area contributed by atoms with E-state index in [1.54, 1.807) is 36.4 Å². The number of aryl methyl sites for hydroxylation is 2. The Morgan fingerprint density at radius 2 is 1.68 bits per heavy atom. The zero-order chi connectivity index (χ0) is 17.9. The van der Waals surface area contributed by atoms with E-state index in [1.807, 2.05) is 6.07 Å². The van der Waals surface area contributed by atoms with Crippen LogP contribution in [0.15, 0.2) is 47.4 Å². The number of urea groups is 1. The van der Waals surface area contributed by atoms with E-state index < -0.39 is 10.0 Å². The van der Waals surface area contributed by atoms with Gasteiger partial charge in [-0.1, -0.05) is 12.1 Å². The van der Waals surface area contributed by atoms with Gasteiger partial charge in [-0.2, -0.15) is 0 Å². The zero-order valence-corrected chi connectivity index (χ0v) is 14.8. The van der Waals surface area contributed by atoms with Crippen molar-refractivity contribution in [3.8, 4) is 0 Å².